The van der Waals surface area contributed by atoms with Crippen molar-refractivity contribution in [3.8, 4) is 91.1 Å². The fraction of sp³-hybridized carbons (Fsp3) is 0.195. The fourth-order valence-electron chi connectivity index (χ4n) is 12.5. The van der Waals surface area contributed by atoms with E-state index in [0.717, 1.165) is 83.5 Å². The molecule has 0 unspecified atom stereocenters. The van der Waals surface area contributed by atoms with E-state index in [1.54, 1.807) is 0 Å². The SMILES string of the molecule is [C-]#[N+]c1cccc(-c2cc(-c3nc(-c4cccc(-c5cccc(C#N)c5)c4)nc(-c4ccc(-n5c6ccc(C(C)(C)C)cc6c6cc(C(C)(C)C)ccc65)c(-c5cccc(C#N)c5)c4)n3)ccc2-n2c3ccc(C(C)(C)C)cc3c3cc(C(C)(C)C)ccc32)c1. The summed E-state index contributed by atoms with van der Waals surface area (Å²) in [5.74, 6) is 1.37. The molecule has 0 saturated carbocycles. The number of aromatic nitrogens is 5. The van der Waals surface area contributed by atoms with Crippen LogP contribution in [0.3, 0.4) is 0 Å². The van der Waals surface area contributed by atoms with Crippen molar-refractivity contribution in [2.45, 2.75) is 105 Å². The minimum atomic E-state index is -0.0756. The first-order valence-electron chi connectivity index (χ1n) is 30.8. The van der Waals surface area contributed by atoms with Gasteiger partial charge < -0.3 is 9.13 Å². The van der Waals surface area contributed by atoms with Gasteiger partial charge in [0, 0.05) is 49.4 Å². The second-order valence-corrected chi connectivity index (χ2v) is 28.0. The Hall–Kier alpha value is -10.7. The van der Waals surface area contributed by atoms with E-state index in [9.17, 15) is 10.5 Å². The van der Waals surface area contributed by atoms with E-state index >= 15 is 0 Å². The van der Waals surface area contributed by atoms with Crippen molar-refractivity contribution >= 4 is 49.3 Å². The Kier molecular flexibility index (Phi) is 14.2. The molecule has 10 aromatic carbocycles. The molecule has 3 aromatic heterocycles. The molecule has 0 N–H and O–H groups in total. The first kappa shape index (κ1) is 58.3. The summed E-state index contributed by atoms with van der Waals surface area (Å²) < 4.78 is 4.74. The topological polar surface area (TPSA) is 100 Å². The molecule has 8 heteroatoms. The Morgan fingerprint density at radius 1 is 0.333 bits per heavy atom. The Labute approximate surface area is 527 Å². The molecular weight excluding hydrogens is 1100 g/mol. The molecular formula is C82H70N8. The Bertz CT molecular complexity index is 4800. The van der Waals surface area contributed by atoms with Gasteiger partial charge in [-0.25, -0.2) is 19.8 Å². The molecule has 0 aliphatic rings. The number of nitriles is 2. The summed E-state index contributed by atoms with van der Waals surface area (Å²) in [6.45, 7) is 35.3. The van der Waals surface area contributed by atoms with Crippen molar-refractivity contribution in [2.75, 3.05) is 0 Å². The van der Waals surface area contributed by atoms with Gasteiger partial charge in [-0.1, -0.05) is 168 Å². The molecule has 0 spiro atoms. The second kappa shape index (κ2) is 21.8. The molecule has 0 fully saturated rings. The highest BCUT2D eigenvalue weighted by molar-refractivity contribution is 6.12. The molecule has 90 heavy (non-hydrogen) atoms. The van der Waals surface area contributed by atoms with E-state index in [2.05, 4.69) is 237 Å². The predicted molar refractivity (Wildman–Crippen MR) is 372 cm³/mol. The van der Waals surface area contributed by atoms with Gasteiger partial charge in [0.25, 0.3) is 0 Å². The smallest absolute Gasteiger partial charge is 0.187 e. The number of hydrogen-bond donors (Lipinski definition) is 0. The summed E-state index contributed by atoms with van der Waals surface area (Å²) in [6, 6.07) is 76.5. The van der Waals surface area contributed by atoms with Gasteiger partial charge in [0.05, 0.1) is 63.3 Å². The first-order chi connectivity index (χ1) is 42.9. The lowest BCUT2D eigenvalue weighted by Crippen LogP contribution is -2.10. The number of fused-ring (bicyclic) bond motifs is 6. The average Bonchev–Trinajstić information content (AvgIpc) is 1.63. The second-order valence-electron chi connectivity index (χ2n) is 28.0. The standard InChI is InChI=1S/C82H70N8/c1-79(2,3)59-28-34-72-66(44-59)67-45-60(80(4,5)6)29-35-73(67)89(72)70-32-26-57(42-64(70)54-22-15-19-51(39-54)49-84)77-86-76(56-24-16-21-53(40-56)52-20-14-18-50(38-52)48-83)87-78(88-77)58-27-33-71(65(43-58)55-23-17-25-63(41-55)85-13)90-74-36-30-61(81(7,8)9)46-68(74)69-47-62(82(10,11)12)31-37-75(69)90/h14-47H,1-12H3. The van der Waals surface area contributed by atoms with Crippen LogP contribution in [-0.2, 0) is 21.7 Å². The van der Waals surface area contributed by atoms with Gasteiger partial charge in [0.15, 0.2) is 23.2 Å². The minimum absolute atomic E-state index is 0.0742. The van der Waals surface area contributed by atoms with E-state index in [-0.39, 0.29) is 21.7 Å². The quantitative estimate of drug-likeness (QED) is 0.141. The van der Waals surface area contributed by atoms with Crippen LogP contribution < -0.4 is 0 Å². The maximum atomic E-state index is 10.4. The Balaban J connectivity index is 1.07. The van der Waals surface area contributed by atoms with Gasteiger partial charge in [-0.05, 0) is 187 Å². The normalized spacial score (nSPS) is 12.2. The molecule has 0 radical (unpaired) electrons. The lowest BCUT2D eigenvalue weighted by Gasteiger charge is -2.20. The molecule has 8 nitrogen and oxygen atoms in total. The van der Waals surface area contributed by atoms with E-state index in [0.29, 0.717) is 34.3 Å². The molecule has 0 aliphatic carbocycles. The number of rotatable bonds is 8. The van der Waals surface area contributed by atoms with Crippen LogP contribution in [-0.4, -0.2) is 24.1 Å². The Morgan fingerprint density at radius 3 is 1.03 bits per heavy atom. The summed E-state index contributed by atoms with van der Waals surface area (Å²) in [5.41, 5.74) is 20.2. The monoisotopic (exact) mass is 1170 g/mol. The molecule has 0 bridgehead atoms. The zero-order chi connectivity index (χ0) is 63.2. The summed E-state index contributed by atoms with van der Waals surface area (Å²) in [5, 5.41) is 25.0. The van der Waals surface area contributed by atoms with Gasteiger partial charge in [-0.2, -0.15) is 10.5 Å². The van der Waals surface area contributed by atoms with E-state index < -0.39 is 0 Å². The van der Waals surface area contributed by atoms with Gasteiger partial charge in [0.1, 0.15) is 0 Å². The van der Waals surface area contributed by atoms with Gasteiger partial charge in [-0.3, -0.25) is 0 Å². The van der Waals surface area contributed by atoms with Crippen LogP contribution in [0.1, 0.15) is 116 Å². The maximum absolute atomic E-state index is 10.4. The van der Waals surface area contributed by atoms with Crippen LogP contribution >= 0.6 is 0 Å². The van der Waals surface area contributed by atoms with E-state index in [1.165, 1.54) is 43.8 Å². The van der Waals surface area contributed by atoms with Crippen molar-refractivity contribution in [3.05, 3.63) is 251 Å². The zero-order valence-electron chi connectivity index (χ0n) is 53.2. The van der Waals surface area contributed by atoms with Crippen molar-refractivity contribution < 1.29 is 0 Å². The van der Waals surface area contributed by atoms with Crippen LogP contribution in [0.4, 0.5) is 5.69 Å². The molecule has 438 valence electrons. The molecule has 0 saturated heterocycles. The lowest BCUT2D eigenvalue weighted by molar-refractivity contribution is 0.590. The number of nitrogens with zero attached hydrogens (tertiary/aromatic N) is 8. The first-order valence-corrected chi connectivity index (χ1v) is 30.8. The molecule has 0 aliphatic heterocycles. The average molecular weight is 1170 g/mol. The van der Waals surface area contributed by atoms with Gasteiger partial charge in [-0.15, -0.1) is 0 Å². The summed E-state index contributed by atoms with van der Waals surface area (Å²) in [6.07, 6.45) is 0. The van der Waals surface area contributed by atoms with Crippen molar-refractivity contribution in [2.24, 2.45) is 0 Å². The highest BCUT2D eigenvalue weighted by Gasteiger charge is 2.26. The highest BCUT2D eigenvalue weighted by Crippen LogP contribution is 2.45. The molecule has 0 amide bonds. The third kappa shape index (κ3) is 10.7. The van der Waals surface area contributed by atoms with Crippen molar-refractivity contribution in [1.82, 2.24) is 24.1 Å². The highest BCUT2D eigenvalue weighted by atomic mass is 15.0. The van der Waals surface area contributed by atoms with Gasteiger partial charge >= 0.3 is 0 Å². The third-order valence-corrected chi connectivity index (χ3v) is 17.7. The van der Waals surface area contributed by atoms with Crippen LogP contribution in [0.5, 0.6) is 0 Å². The molecule has 3 heterocycles. The van der Waals surface area contributed by atoms with Crippen molar-refractivity contribution in [1.29, 1.82) is 10.5 Å². The predicted octanol–water partition coefficient (Wildman–Crippen LogP) is 21.6. The van der Waals surface area contributed by atoms with E-state index in [4.69, 9.17) is 21.5 Å². The maximum Gasteiger partial charge on any atom is 0.187 e. The zero-order valence-corrected chi connectivity index (χ0v) is 53.2. The van der Waals surface area contributed by atoms with Crippen LogP contribution in [0.2, 0.25) is 0 Å². The number of hydrogen-bond acceptors (Lipinski definition) is 5. The minimum Gasteiger partial charge on any atom is -0.309 e. The van der Waals surface area contributed by atoms with Gasteiger partial charge in [0.2, 0.25) is 0 Å². The fourth-order valence-corrected chi connectivity index (χ4v) is 12.5. The largest absolute Gasteiger partial charge is 0.309 e. The molecule has 0 atom stereocenters. The molecule has 13 aromatic rings. The third-order valence-electron chi connectivity index (χ3n) is 17.7. The lowest BCUT2D eigenvalue weighted by atomic mass is 9.85. The summed E-state index contributed by atoms with van der Waals surface area (Å²) in [7, 11) is 0. The van der Waals surface area contributed by atoms with Crippen LogP contribution in [0.15, 0.2) is 206 Å². The van der Waals surface area contributed by atoms with Crippen molar-refractivity contribution in [3.63, 3.8) is 0 Å². The van der Waals surface area contributed by atoms with Crippen LogP contribution in [0.25, 0.3) is 127 Å². The molecule has 13 rings (SSSR count). The summed E-state index contributed by atoms with van der Waals surface area (Å²) >= 11 is 0. The number of benzene rings is 10. The summed E-state index contributed by atoms with van der Waals surface area (Å²) in [4.78, 5) is 20.2. The Morgan fingerprint density at radius 2 is 0.656 bits per heavy atom. The van der Waals surface area contributed by atoms with Crippen LogP contribution in [0, 0.1) is 29.2 Å². The van der Waals surface area contributed by atoms with E-state index in [1.807, 2.05) is 78.9 Å².